The van der Waals surface area contributed by atoms with E-state index in [-0.39, 0.29) is 11.3 Å². The van der Waals surface area contributed by atoms with E-state index in [0.29, 0.717) is 11.1 Å². The summed E-state index contributed by atoms with van der Waals surface area (Å²) in [6, 6.07) is 12.0. The first kappa shape index (κ1) is 17.4. The third-order valence-electron chi connectivity index (χ3n) is 4.47. The van der Waals surface area contributed by atoms with Crippen LogP contribution in [0.2, 0.25) is 0 Å². The highest BCUT2D eigenvalue weighted by molar-refractivity contribution is 6.20. The van der Waals surface area contributed by atoms with Gasteiger partial charge in [0.25, 0.3) is 0 Å². The number of benzene rings is 2. The quantitative estimate of drug-likeness (QED) is 0.334. The minimum Gasteiger partial charge on any atom is -0.360 e. The lowest BCUT2D eigenvalue weighted by molar-refractivity contribution is 0.104. The Kier molecular flexibility index (Phi) is 4.30. The number of aromatic nitrogens is 4. The minimum absolute atomic E-state index is 0.0722. The topological polar surface area (TPSA) is 87.4 Å². The van der Waals surface area contributed by atoms with E-state index < -0.39 is 11.6 Å². The lowest BCUT2D eigenvalue weighted by Gasteiger charge is -2.04. The zero-order chi connectivity index (χ0) is 19.7. The summed E-state index contributed by atoms with van der Waals surface area (Å²) >= 11 is 0. The van der Waals surface area contributed by atoms with E-state index in [1.165, 1.54) is 35.5 Å². The second-order valence-electron chi connectivity index (χ2n) is 6.25. The maximum absolute atomic E-state index is 14.4. The number of Topliss-reactive ketones (excluding diaryl/α,β-unsaturated/α-hetero) is 1. The largest absolute Gasteiger partial charge is 0.360 e. The lowest BCUT2D eigenvalue weighted by atomic mass is 9.99. The first-order valence-corrected chi connectivity index (χ1v) is 8.46. The van der Waals surface area contributed by atoms with Crippen molar-refractivity contribution in [2.24, 2.45) is 0 Å². The van der Waals surface area contributed by atoms with Gasteiger partial charge in [0.2, 0.25) is 5.78 Å². The van der Waals surface area contributed by atoms with Gasteiger partial charge >= 0.3 is 0 Å². The highest BCUT2D eigenvalue weighted by atomic mass is 19.1. The number of carbonyl (C=O) groups is 1. The van der Waals surface area contributed by atoms with Crippen LogP contribution in [0.25, 0.3) is 22.7 Å². The number of nitrogens with one attached hydrogen (secondary N) is 1. The van der Waals surface area contributed by atoms with Crippen LogP contribution >= 0.6 is 0 Å². The molecule has 0 bridgehead atoms. The van der Waals surface area contributed by atoms with Crippen LogP contribution in [-0.2, 0) is 0 Å². The van der Waals surface area contributed by atoms with Gasteiger partial charge in [-0.15, -0.1) is 0 Å². The number of carbonyl (C=O) groups excluding carboxylic acids is 1. The number of aryl methyl sites for hydroxylation is 1. The van der Waals surface area contributed by atoms with Gasteiger partial charge in [-0.1, -0.05) is 18.2 Å². The van der Waals surface area contributed by atoms with Crippen LogP contribution in [0.5, 0.6) is 0 Å². The molecule has 0 saturated heterocycles. The summed E-state index contributed by atoms with van der Waals surface area (Å²) in [7, 11) is 0. The number of hydrogen-bond donors (Lipinski definition) is 1. The lowest BCUT2D eigenvalue weighted by Crippen LogP contribution is -2.02. The minimum atomic E-state index is -0.535. The third kappa shape index (κ3) is 2.97. The van der Waals surface area contributed by atoms with Gasteiger partial charge in [0, 0.05) is 22.7 Å². The number of allylic oxidation sites excluding steroid dienone is 1. The molecule has 0 aliphatic carbocycles. The van der Waals surface area contributed by atoms with Gasteiger partial charge in [0.05, 0.1) is 0 Å². The van der Waals surface area contributed by atoms with Crippen LogP contribution in [0.4, 0.5) is 4.39 Å². The number of aromatic amines is 1. The number of rotatable bonds is 4. The van der Waals surface area contributed by atoms with Crippen LogP contribution in [0.1, 0.15) is 21.5 Å². The predicted molar refractivity (Wildman–Crippen MR) is 102 cm³/mol. The maximum Gasteiger partial charge on any atom is 0.205 e. The van der Waals surface area contributed by atoms with E-state index in [0.717, 1.165) is 16.5 Å². The Hall–Kier alpha value is -4.05. The van der Waals surface area contributed by atoms with Crippen LogP contribution in [0.3, 0.4) is 0 Å². The van der Waals surface area contributed by atoms with Gasteiger partial charge in [-0.25, -0.2) is 14.1 Å². The average Bonchev–Trinajstić information content (AvgIpc) is 3.36. The van der Waals surface area contributed by atoms with Crippen molar-refractivity contribution in [3.63, 3.8) is 0 Å². The molecule has 2 aromatic heterocycles. The summed E-state index contributed by atoms with van der Waals surface area (Å²) in [5.41, 5.74) is 2.73. The van der Waals surface area contributed by atoms with E-state index in [1.54, 1.807) is 12.3 Å². The standard InChI is InChI=1S/C21H14FN5O/c1-13-3-2-4-18-20(13)16(10-25-18)21(28)15(9-23)7-14-5-6-19(17(22)8-14)27-12-24-11-26-27/h2-8,10-12,25H,1H3/b15-7+. The summed E-state index contributed by atoms with van der Waals surface area (Å²) in [5, 5.41) is 14.2. The molecule has 28 heavy (non-hydrogen) atoms. The fraction of sp³-hybridized carbons (Fsp3) is 0.0476. The van der Waals surface area contributed by atoms with Gasteiger partial charge in [-0.05, 0) is 42.3 Å². The van der Waals surface area contributed by atoms with E-state index in [4.69, 9.17) is 0 Å². The Balaban J connectivity index is 1.72. The average molecular weight is 371 g/mol. The third-order valence-corrected chi connectivity index (χ3v) is 4.47. The van der Waals surface area contributed by atoms with Gasteiger partial charge in [0.15, 0.2) is 0 Å². The molecular weight excluding hydrogens is 357 g/mol. The normalized spacial score (nSPS) is 11.5. The Morgan fingerprint density at radius 3 is 2.89 bits per heavy atom. The second kappa shape index (κ2) is 6.93. The predicted octanol–water partition coefficient (Wildman–Crippen LogP) is 3.99. The molecule has 4 aromatic rings. The van der Waals surface area contributed by atoms with Crippen LogP contribution in [0.15, 0.2) is 60.8 Å². The molecule has 136 valence electrons. The number of nitriles is 1. The van der Waals surface area contributed by atoms with Crippen molar-refractivity contribution in [1.82, 2.24) is 19.7 Å². The van der Waals surface area contributed by atoms with E-state index in [2.05, 4.69) is 15.1 Å². The van der Waals surface area contributed by atoms with E-state index in [9.17, 15) is 14.4 Å². The van der Waals surface area contributed by atoms with Gasteiger partial charge in [0.1, 0.15) is 35.8 Å². The smallest absolute Gasteiger partial charge is 0.205 e. The highest BCUT2D eigenvalue weighted by Crippen LogP contribution is 2.25. The zero-order valence-electron chi connectivity index (χ0n) is 14.8. The fourth-order valence-electron chi connectivity index (χ4n) is 3.14. The molecule has 0 amide bonds. The van der Waals surface area contributed by atoms with Crippen molar-refractivity contribution >= 4 is 22.8 Å². The van der Waals surface area contributed by atoms with E-state index in [1.807, 2.05) is 31.2 Å². The Morgan fingerprint density at radius 2 is 2.18 bits per heavy atom. The van der Waals surface area contributed by atoms with Crippen LogP contribution < -0.4 is 0 Å². The fourth-order valence-corrected chi connectivity index (χ4v) is 3.14. The summed E-state index contributed by atoms with van der Waals surface area (Å²) in [4.78, 5) is 19.8. The number of nitrogens with zero attached hydrogens (tertiary/aromatic N) is 4. The molecule has 2 aromatic carbocycles. The molecule has 0 fully saturated rings. The molecule has 2 heterocycles. The number of H-pyrrole nitrogens is 1. The molecule has 1 N–H and O–H groups in total. The number of halogens is 1. The number of hydrogen-bond acceptors (Lipinski definition) is 4. The van der Waals surface area contributed by atoms with Crippen molar-refractivity contribution in [2.75, 3.05) is 0 Å². The Morgan fingerprint density at radius 1 is 1.32 bits per heavy atom. The molecule has 0 unspecified atom stereocenters. The summed E-state index contributed by atoms with van der Waals surface area (Å²) < 4.78 is 15.7. The first-order chi connectivity index (χ1) is 13.6. The molecule has 0 radical (unpaired) electrons. The summed E-state index contributed by atoms with van der Waals surface area (Å²) in [6.45, 7) is 1.90. The highest BCUT2D eigenvalue weighted by Gasteiger charge is 2.18. The first-order valence-electron chi connectivity index (χ1n) is 8.46. The van der Waals surface area contributed by atoms with Crippen molar-refractivity contribution in [3.05, 3.63) is 83.3 Å². The maximum atomic E-state index is 14.4. The van der Waals surface area contributed by atoms with Gasteiger partial charge in [-0.2, -0.15) is 10.4 Å². The molecule has 6 nitrogen and oxygen atoms in total. The van der Waals surface area contributed by atoms with Crippen LogP contribution in [0, 0.1) is 24.1 Å². The Bertz CT molecular complexity index is 1260. The summed E-state index contributed by atoms with van der Waals surface area (Å²) in [5.74, 6) is -0.948. The number of fused-ring (bicyclic) bond motifs is 1. The molecule has 0 atom stereocenters. The summed E-state index contributed by atoms with van der Waals surface area (Å²) in [6.07, 6.45) is 5.67. The van der Waals surface area contributed by atoms with Crippen molar-refractivity contribution in [3.8, 4) is 11.8 Å². The van der Waals surface area contributed by atoms with Crippen LogP contribution in [-0.4, -0.2) is 25.5 Å². The Labute approximate surface area is 159 Å². The van der Waals surface area contributed by atoms with Crippen molar-refractivity contribution < 1.29 is 9.18 Å². The monoisotopic (exact) mass is 371 g/mol. The SMILES string of the molecule is Cc1cccc2[nH]cc(C(=O)/C(C#N)=C/c3ccc(-n4cncn4)c(F)c3)c12. The molecule has 0 aliphatic heterocycles. The van der Waals surface area contributed by atoms with E-state index >= 15 is 0 Å². The van der Waals surface area contributed by atoms with Crippen molar-refractivity contribution in [1.29, 1.82) is 5.26 Å². The van der Waals surface area contributed by atoms with Gasteiger partial charge < -0.3 is 4.98 Å². The number of ketones is 1. The molecule has 0 spiro atoms. The zero-order valence-corrected chi connectivity index (χ0v) is 14.8. The van der Waals surface area contributed by atoms with Gasteiger partial charge in [-0.3, -0.25) is 4.79 Å². The molecule has 7 heteroatoms. The molecule has 0 saturated carbocycles. The molecular formula is C21H14FN5O. The molecule has 4 rings (SSSR count). The molecule has 0 aliphatic rings. The van der Waals surface area contributed by atoms with Crippen molar-refractivity contribution in [2.45, 2.75) is 6.92 Å². The second-order valence-corrected chi connectivity index (χ2v) is 6.25.